The number of ether oxygens (including phenoxy) is 1. The molecular weight excluding hydrogens is 731 g/mol. The van der Waals surface area contributed by atoms with Gasteiger partial charge >= 0.3 is 5.97 Å². The Morgan fingerprint density at radius 1 is 0.458 bits per heavy atom. The van der Waals surface area contributed by atoms with Crippen LogP contribution in [0.2, 0.25) is 0 Å². The van der Waals surface area contributed by atoms with E-state index in [1.165, 1.54) is 173 Å². The summed E-state index contributed by atoms with van der Waals surface area (Å²) in [6.07, 6.45) is 57.2. The van der Waals surface area contributed by atoms with E-state index >= 15 is 0 Å². The zero-order chi connectivity index (χ0) is 43.0. The van der Waals surface area contributed by atoms with Crippen LogP contribution < -0.4 is 5.32 Å². The lowest BCUT2D eigenvalue weighted by Gasteiger charge is -2.22. The molecule has 0 spiro atoms. The molecule has 0 rings (SSSR count). The highest BCUT2D eigenvalue weighted by molar-refractivity contribution is 5.76. The third-order valence-corrected chi connectivity index (χ3v) is 12.0. The minimum Gasteiger partial charge on any atom is -0.466 e. The normalized spacial score (nSPS) is 12.8. The average Bonchev–Trinajstić information content (AvgIpc) is 3.24. The molecule has 0 aliphatic heterocycles. The van der Waals surface area contributed by atoms with Gasteiger partial charge < -0.3 is 20.3 Å². The first-order valence-electron chi connectivity index (χ1n) is 26.1. The van der Waals surface area contributed by atoms with Crippen molar-refractivity contribution in [2.24, 2.45) is 0 Å². The smallest absolute Gasteiger partial charge is 0.305 e. The van der Waals surface area contributed by atoms with Crippen LogP contribution in [0.5, 0.6) is 0 Å². The number of carbonyl (C=O) groups is 2. The highest BCUT2D eigenvalue weighted by Crippen LogP contribution is 2.16. The molecule has 0 saturated heterocycles. The fourth-order valence-electron chi connectivity index (χ4n) is 7.92. The first-order valence-corrected chi connectivity index (χ1v) is 26.1. The number of carbonyl (C=O) groups excluding carboxylic acids is 2. The Labute approximate surface area is 367 Å². The van der Waals surface area contributed by atoms with Gasteiger partial charge in [0, 0.05) is 12.8 Å². The van der Waals surface area contributed by atoms with Crippen LogP contribution in [0.4, 0.5) is 0 Å². The van der Waals surface area contributed by atoms with Gasteiger partial charge in [0.05, 0.1) is 25.4 Å². The zero-order valence-electron chi connectivity index (χ0n) is 39.5. The molecule has 2 unspecified atom stereocenters. The van der Waals surface area contributed by atoms with Gasteiger partial charge in [0.1, 0.15) is 0 Å². The van der Waals surface area contributed by atoms with Crippen LogP contribution in [-0.4, -0.2) is 47.4 Å². The van der Waals surface area contributed by atoms with Crippen molar-refractivity contribution in [3.8, 4) is 0 Å². The summed E-state index contributed by atoms with van der Waals surface area (Å²) >= 11 is 0. The predicted molar refractivity (Wildman–Crippen MR) is 255 cm³/mol. The lowest BCUT2D eigenvalue weighted by atomic mass is 10.0. The maximum Gasteiger partial charge on any atom is 0.305 e. The van der Waals surface area contributed by atoms with Crippen LogP contribution >= 0.6 is 0 Å². The Balaban J connectivity index is 3.47. The number of allylic oxidation sites excluding steroid dienone is 4. The van der Waals surface area contributed by atoms with E-state index in [0.717, 1.165) is 70.6 Å². The van der Waals surface area contributed by atoms with E-state index in [1.807, 2.05) is 0 Å². The lowest BCUT2D eigenvalue weighted by Crippen LogP contribution is -2.45. The summed E-state index contributed by atoms with van der Waals surface area (Å²) in [4.78, 5) is 24.4. The molecule has 2 atom stereocenters. The summed E-state index contributed by atoms with van der Waals surface area (Å²) in [5, 5.41) is 23.2. The van der Waals surface area contributed by atoms with Gasteiger partial charge in [-0.1, -0.05) is 212 Å². The molecule has 0 aromatic heterocycles. The summed E-state index contributed by atoms with van der Waals surface area (Å²) in [5.74, 6) is -0.0695. The van der Waals surface area contributed by atoms with E-state index in [-0.39, 0.29) is 18.5 Å². The standard InChI is InChI=1S/C53H101NO5/c1-3-5-7-9-11-13-15-17-19-23-27-31-35-39-43-47-53(58)59-48-44-40-36-32-28-24-21-18-20-22-26-30-34-38-42-46-52(57)54-50(49-55)51(56)45-41-37-33-29-25-16-14-12-10-8-6-4-2/h17,19,21,24,50-51,55-56H,3-16,18,20,22-23,25-49H2,1-2H3,(H,54,57)/b19-17-,24-21-. The van der Waals surface area contributed by atoms with Crippen LogP contribution in [0.1, 0.15) is 277 Å². The van der Waals surface area contributed by atoms with Crippen LogP contribution in [0.25, 0.3) is 0 Å². The van der Waals surface area contributed by atoms with Crippen LogP contribution in [0, 0.1) is 0 Å². The Hall–Kier alpha value is -1.66. The fourth-order valence-corrected chi connectivity index (χ4v) is 7.92. The van der Waals surface area contributed by atoms with Gasteiger partial charge in [-0.25, -0.2) is 0 Å². The molecule has 6 nitrogen and oxygen atoms in total. The molecule has 0 bridgehead atoms. The van der Waals surface area contributed by atoms with Gasteiger partial charge in [-0.05, 0) is 77.0 Å². The van der Waals surface area contributed by atoms with Crippen molar-refractivity contribution in [2.45, 2.75) is 289 Å². The molecule has 0 saturated carbocycles. The van der Waals surface area contributed by atoms with Crippen molar-refractivity contribution in [1.82, 2.24) is 5.32 Å². The monoisotopic (exact) mass is 832 g/mol. The minimum atomic E-state index is -0.673. The van der Waals surface area contributed by atoms with Gasteiger partial charge in [-0.15, -0.1) is 0 Å². The number of aliphatic hydroxyl groups excluding tert-OH is 2. The summed E-state index contributed by atoms with van der Waals surface area (Å²) in [5.41, 5.74) is 0. The number of rotatable bonds is 48. The number of hydrogen-bond donors (Lipinski definition) is 3. The van der Waals surface area contributed by atoms with Crippen molar-refractivity contribution < 1.29 is 24.5 Å². The molecule has 6 heteroatoms. The highest BCUT2D eigenvalue weighted by Gasteiger charge is 2.20. The first kappa shape index (κ1) is 57.3. The Morgan fingerprint density at radius 3 is 1.20 bits per heavy atom. The molecule has 0 radical (unpaired) electrons. The van der Waals surface area contributed by atoms with Crippen LogP contribution in [-0.2, 0) is 14.3 Å². The van der Waals surface area contributed by atoms with Gasteiger partial charge in [0.2, 0.25) is 5.91 Å². The molecule has 1 amide bonds. The fraction of sp³-hybridized carbons (Fsp3) is 0.887. The van der Waals surface area contributed by atoms with E-state index in [0.29, 0.717) is 25.9 Å². The largest absolute Gasteiger partial charge is 0.466 e. The van der Waals surface area contributed by atoms with Gasteiger partial charge in [-0.3, -0.25) is 9.59 Å². The second-order valence-corrected chi connectivity index (χ2v) is 17.8. The summed E-state index contributed by atoms with van der Waals surface area (Å²) < 4.78 is 5.45. The van der Waals surface area contributed by atoms with Crippen LogP contribution in [0.15, 0.2) is 24.3 Å². The van der Waals surface area contributed by atoms with Gasteiger partial charge in [0.25, 0.3) is 0 Å². The number of unbranched alkanes of at least 4 members (excludes halogenated alkanes) is 33. The molecule has 0 aromatic carbocycles. The molecule has 59 heavy (non-hydrogen) atoms. The van der Waals surface area contributed by atoms with E-state index < -0.39 is 12.1 Å². The molecular formula is C53H101NO5. The minimum absolute atomic E-state index is 0.0182. The van der Waals surface area contributed by atoms with E-state index in [4.69, 9.17) is 4.74 Å². The number of hydrogen-bond acceptors (Lipinski definition) is 5. The summed E-state index contributed by atoms with van der Waals surface area (Å²) in [6.45, 7) is 4.90. The Kier molecular flexibility index (Phi) is 47.6. The summed E-state index contributed by atoms with van der Waals surface area (Å²) in [7, 11) is 0. The molecule has 3 N–H and O–H groups in total. The van der Waals surface area contributed by atoms with Crippen molar-refractivity contribution >= 4 is 11.9 Å². The predicted octanol–water partition coefficient (Wildman–Crippen LogP) is 15.5. The van der Waals surface area contributed by atoms with Crippen molar-refractivity contribution in [3.05, 3.63) is 24.3 Å². The maximum atomic E-state index is 12.4. The number of aliphatic hydroxyl groups is 2. The van der Waals surface area contributed by atoms with E-state index in [9.17, 15) is 19.8 Å². The first-order chi connectivity index (χ1) is 29.0. The second kappa shape index (κ2) is 49.0. The molecule has 0 aromatic rings. The number of esters is 1. The quantitative estimate of drug-likeness (QED) is 0.0322. The van der Waals surface area contributed by atoms with E-state index in [2.05, 4.69) is 43.5 Å². The Bertz CT molecular complexity index is 920. The number of amides is 1. The summed E-state index contributed by atoms with van der Waals surface area (Å²) in [6, 6.07) is -0.552. The van der Waals surface area contributed by atoms with Crippen molar-refractivity contribution in [2.75, 3.05) is 13.2 Å². The van der Waals surface area contributed by atoms with Crippen molar-refractivity contribution in [1.29, 1.82) is 0 Å². The molecule has 0 aliphatic carbocycles. The molecule has 0 fully saturated rings. The molecule has 348 valence electrons. The van der Waals surface area contributed by atoms with Crippen molar-refractivity contribution in [3.63, 3.8) is 0 Å². The van der Waals surface area contributed by atoms with Gasteiger partial charge in [-0.2, -0.15) is 0 Å². The third kappa shape index (κ3) is 45.7. The maximum absolute atomic E-state index is 12.4. The van der Waals surface area contributed by atoms with E-state index in [1.54, 1.807) is 0 Å². The molecule has 0 heterocycles. The lowest BCUT2D eigenvalue weighted by molar-refractivity contribution is -0.143. The average molecular weight is 832 g/mol. The molecule has 0 aliphatic rings. The third-order valence-electron chi connectivity index (χ3n) is 12.0. The number of nitrogens with one attached hydrogen (secondary N) is 1. The zero-order valence-corrected chi connectivity index (χ0v) is 39.5. The SMILES string of the molecule is CCCCCCCC/C=C\CCCCCCCC(=O)OCCCCCC/C=C\CCCCCCCCCC(=O)NC(CO)C(O)CCCCCCCCCCCCCC. The topological polar surface area (TPSA) is 95.9 Å². The second-order valence-electron chi connectivity index (χ2n) is 17.8. The highest BCUT2D eigenvalue weighted by atomic mass is 16.5. The Morgan fingerprint density at radius 2 is 0.797 bits per heavy atom. The van der Waals surface area contributed by atoms with Crippen LogP contribution in [0.3, 0.4) is 0 Å². The van der Waals surface area contributed by atoms with Gasteiger partial charge in [0.15, 0.2) is 0 Å².